The van der Waals surface area contributed by atoms with Gasteiger partial charge in [-0.2, -0.15) is 0 Å². The molecule has 0 fully saturated rings. The largest absolute Gasteiger partial charge is 0.507 e. The molecular formula is C27H27NO8. The van der Waals surface area contributed by atoms with Crippen molar-refractivity contribution in [3.8, 4) is 17.2 Å². The van der Waals surface area contributed by atoms with E-state index < -0.39 is 46.6 Å². The Bertz CT molecular complexity index is 1360. The molecule has 0 aromatic heterocycles. The molecule has 5 N–H and O–H groups in total. The number of rotatable bonds is 6. The van der Waals surface area contributed by atoms with Gasteiger partial charge >= 0.3 is 5.97 Å². The van der Waals surface area contributed by atoms with Crippen LogP contribution in [-0.4, -0.2) is 50.1 Å². The molecule has 3 atom stereocenters. The molecule has 2 aliphatic rings. The Morgan fingerprint density at radius 3 is 2.36 bits per heavy atom. The number of phenols is 2. The summed E-state index contributed by atoms with van der Waals surface area (Å²) in [5, 5.41) is 44.8. The zero-order chi connectivity index (χ0) is 26.5. The first-order valence-corrected chi connectivity index (χ1v) is 11.4. The number of carbonyl (C=O) groups excluding carboxylic acids is 2. The molecule has 9 nitrogen and oxygen atoms in total. The maximum absolute atomic E-state index is 13.9. The second-order valence-corrected chi connectivity index (χ2v) is 9.25. The summed E-state index contributed by atoms with van der Waals surface area (Å²) in [6, 6.07) is 7.90. The zero-order valence-corrected chi connectivity index (χ0v) is 20.2. The monoisotopic (exact) mass is 493 g/mol. The van der Waals surface area contributed by atoms with Gasteiger partial charge in [0.05, 0.1) is 5.56 Å². The second kappa shape index (κ2) is 8.83. The number of nitrogens with one attached hydrogen (secondary N) is 1. The lowest BCUT2D eigenvalue weighted by molar-refractivity contribution is -0.139. The number of aromatic hydroxyl groups is 2. The number of carboxylic acid groups (broad SMARTS) is 1. The summed E-state index contributed by atoms with van der Waals surface area (Å²) in [6.07, 6.45) is -0.0208. The minimum Gasteiger partial charge on any atom is -0.507 e. The molecule has 0 radical (unpaired) electrons. The Labute approximate surface area is 207 Å². The van der Waals surface area contributed by atoms with E-state index in [2.05, 4.69) is 5.32 Å². The zero-order valence-electron chi connectivity index (χ0n) is 20.2. The van der Waals surface area contributed by atoms with Crippen LogP contribution in [0, 0.1) is 6.92 Å². The van der Waals surface area contributed by atoms with Crippen molar-refractivity contribution in [1.82, 2.24) is 5.32 Å². The van der Waals surface area contributed by atoms with E-state index in [1.54, 1.807) is 24.3 Å². The minimum absolute atomic E-state index is 0.00780. The average Bonchev–Trinajstić information content (AvgIpc) is 3.10. The third-order valence-electron chi connectivity index (χ3n) is 6.87. The number of aliphatic carboxylic acids is 1. The molecule has 2 aromatic carbocycles. The molecule has 0 spiro atoms. The maximum Gasteiger partial charge on any atom is 0.326 e. The van der Waals surface area contributed by atoms with Crippen LogP contribution in [0.2, 0.25) is 0 Å². The van der Waals surface area contributed by atoms with Crippen LogP contribution < -0.4 is 10.1 Å². The molecule has 1 aliphatic heterocycles. The van der Waals surface area contributed by atoms with Crippen LogP contribution in [0.15, 0.2) is 53.4 Å². The number of Topliss-reactive ketones (excluding diaryl/α,β-unsaturated/α-hetero) is 2. The summed E-state index contributed by atoms with van der Waals surface area (Å²) in [7, 11) is 0. The van der Waals surface area contributed by atoms with Crippen molar-refractivity contribution in [3.63, 3.8) is 0 Å². The number of ether oxygens (including phenoxy) is 1. The van der Waals surface area contributed by atoms with Crippen LogP contribution in [0.4, 0.5) is 0 Å². The molecule has 188 valence electrons. The highest BCUT2D eigenvalue weighted by Gasteiger charge is 2.56. The van der Waals surface area contributed by atoms with Gasteiger partial charge in [0.15, 0.2) is 11.6 Å². The minimum atomic E-state index is -1.61. The van der Waals surface area contributed by atoms with Crippen molar-refractivity contribution in [2.45, 2.75) is 51.7 Å². The SMILES string of the molecule is CC(=O)c1c(O)c(C)c(O)c2c1OC1=CC(O)/C(=C(/C)NC(Cc3ccccc3)C(=O)O)C(=O)C12C. The van der Waals surface area contributed by atoms with Crippen molar-refractivity contribution in [2.24, 2.45) is 0 Å². The molecule has 3 unspecified atom stereocenters. The molecule has 0 bridgehead atoms. The van der Waals surface area contributed by atoms with Crippen LogP contribution in [-0.2, 0) is 21.4 Å². The number of carboxylic acids is 1. The summed E-state index contributed by atoms with van der Waals surface area (Å²) in [5.41, 5.74) is -0.927. The molecule has 0 saturated heterocycles. The number of aliphatic hydroxyl groups excluding tert-OH is 1. The highest BCUT2D eigenvalue weighted by molar-refractivity contribution is 6.11. The van der Waals surface area contributed by atoms with E-state index in [1.165, 1.54) is 33.8 Å². The van der Waals surface area contributed by atoms with Gasteiger partial charge in [0.1, 0.15) is 46.1 Å². The number of carbonyl (C=O) groups is 3. The van der Waals surface area contributed by atoms with Gasteiger partial charge < -0.3 is 30.5 Å². The van der Waals surface area contributed by atoms with Crippen molar-refractivity contribution >= 4 is 17.5 Å². The normalized spacial score (nSPS) is 22.6. The highest BCUT2D eigenvalue weighted by atomic mass is 16.5. The summed E-state index contributed by atoms with van der Waals surface area (Å²) < 4.78 is 5.79. The number of allylic oxidation sites excluding steroid dienone is 2. The van der Waals surface area contributed by atoms with Crippen molar-refractivity contribution < 1.29 is 39.5 Å². The van der Waals surface area contributed by atoms with Crippen LogP contribution in [0.5, 0.6) is 17.2 Å². The van der Waals surface area contributed by atoms with Crippen LogP contribution >= 0.6 is 0 Å². The van der Waals surface area contributed by atoms with Gasteiger partial charge in [0.25, 0.3) is 0 Å². The lowest BCUT2D eigenvalue weighted by Crippen LogP contribution is -2.44. The van der Waals surface area contributed by atoms with Gasteiger partial charge in [-0.3, -0.25) is 9.59 Å². The predicted molar refractivity (Wildman–Crippen MR) is 129 cm³/mol. The standard InChI is InChI=1S/C27H27NO8/c1-12-22(31)20(14(3)29)24-21(23(12)32)27(4)18(36-24)11-17(30)19(25(27)33)13(2)28-16(26(34)35)10-15-8-6-5-7-9-15/h5-9,11,16-17,28,30-32H,10H2,1-4H3,(H,34,35)/b19-13+. The van der Waals surface area contributed by atoms with Gasteiger partial charge in [-0.25, -0.2) is 4.79 Å². The third kappa shape index (κ3) is 3.72. The Hall–Kier alpha value is -4.11. The fourth-order valence-corrected chi connectivity index (χ4v) is 4.89. The average molecular weight is 494 g/mol. The van der Waals surface area contributed by atoms with Crippen LogP contribution in [0.1, 0.15) is 47.8 Å². The molecule has 9 heteroatoms. The number of hydrogen-bond donors (Lipinski definition) is 5. The number of hydrogen-bond acceptors (Lipinski definition) is 8. The lowest BCUT2D eigenvalue weighted by atomic mass is 9.69. The summed E-state index contributed by atoms with van der Waals surface area (Å²) in [4.78, 5) is 38.2. The van der Waals surface area contributed by atoms with Gasteiger partial charge in [-0.15, -0.1) is 0 Å². The quantitative estimate of drug-likeness (QED) is 0.302. The molecular weight excluding hydrogens is 466 g/mol. The molecule has 36 heavy (non-hydrogen) atoms. The maximum atomic E-state index is 13.9. The van der Waals surface area contributed by atoms with Gasteiger partial charge in [0.2, 0.25) is 0 Å². The Morgan fingerprint density at radius 2 is 1.78 bits per heavy atom. The Kier molecular flexibility index (Phi) is 6.13. The molecule has 0 amide bonds. The summed E-state index contributed by atoms with van der Waals surface area (Å²) in [5.74, 6) is -3.28. The molecule has 0 saturated carbocycles. The third-order valence-corrected chi connectivity index (χ3v) is 6.87. The van der Waals surface area contributed by atoms with E-state index in [0.717, 1.165) is 5.56 Å². The number of benzene rings is 2. The van der Waals surface area contributed by atoms with E-state index in [4.69, 9.17) is 4.74 Å². The fraction of sp³-hybridized carbons (Fsp3) is 0.296. The van der Waals surface area contributed by atoms with Gasteiger partial charge in [0, 0.05) is 23.3 Å². The topological polar surface area (TPSA) is 153 Å². The van der Waals surface area contributed by atoms with Crippen molar-refractivity contribution in [1.29, 1.82) is 0 Å². The first-order chi connectivity index (χ1) is 16.9. The Balaban J connectivity index is 1.81. The van der Waals surface area contributed by atoms with E-state index in [9.17, 15) is 34.8 Å². The second-order valence-electron chi connectivity index (χ2n) is 9.25. The van der Waals surface area contributed by atoms with E-state index in [1.807, 2.05) is 6.07 Å². The predicted octanol–water partition coefficient (Wildman–Crippen LogP) is 2.65. The molecule has 4 rings (SSSR count). The highest BCUT2D eigenvalue weighted by Crippen LogP contribution is 2.57. The lowest BCUT2D eigenvalue weighted by Gasteiger charge is -2.32. The number of ketones is 2. The van der Waals surface area contributed by atoms with Crippen LogP contribution in [0.3, 0.4) is 0 Å². The van der Waals surface area contributed by atoms with Crippen LogP contribution in [0.25, 0.3) is 0 Å². The summed E-state index contributed by atoms with van der Waals surface area (Å²) >= 11 is 0. The molecule has 1 heterocycles. The summed E-state index contributed by atoms with van der Waals surface area (Å²) in [6.45, 7) is 5.63. The van der Waals surface area contributed by atoms with Gasteiger partial charge in [-0.1, -0.05) is 30.3 Å². The fourth-order valence-electron chi connectivity index (χ4n) is 4.89. The number of fused-ring (bicyclic) bond motifs is 3. The van der Waals surface area contributed by atoms with Crippen molar-refractivity contribution in [3.05, 3.63) is 75.7 Å². The van der Waals surface area contributed by atoms with E-state index >= 15 is 0 Å². The first-order valence-electron chi connectivity index (χ1n) is 11.4. The van der Waals surface area contributed by atoms with Gasteiger partial charge in [-0.05, 0) is 39.3 Å². The number of aliphatic hydroxyl groups is 1. The van der Waals surface area contributed by atoms with Crippen molar-refractivity contribution in [2.75, 3.05) is 0 Å². The van der Waals surface area contributed by atoms with E-state index in [0.29, 0.717) is 0 Å². The van der Waals surface area contributed by atoms with E-state index in [-0.39, 0.29) is 45.9 Å². The molecule has 1 aliphatic carbocycles. The first kappa shape index (κ1) is 25.0. The molecule has 2 aromatic rings. The smallest absolute Gasteiger partial charge is 0.326 e. The Morgan fingerprint density at radius 1 is 1.14 bits per heavy atom. The number of phenolic OH excluding ortho intramolecular Hbond substituents is 2.